The van der Waals surface area contributed by atoms with Crippen LogP contribution in [0, 0.1) is 0 Å². The molecule has 1 aromatic heterocycles. The molecule has 70 valence electrons. The van der Waals surface area contributed by atoms with Crippen LogP contribution < -0.4 is 0 Å². The number of rotatable bonds is 0. The normalized spacial score (nSPS) is 13.8. The first-order chi connectivity index (χ1) is 5.23. The maximum absolute atomic E-state index is 11.7. The van der Waals surface area contributed by atoms with Crippen LogP contribution in [0.4, 0.5) is 26.3 Å². The molecule has 0 aliphatic rings. The topological polar surface area (TPSA) is 0 Å². The molecule has 0 unspecified atom stereocenters. The molecule has 0 saturated carbocycles. The first-order valence-electron chi connectivity index (χ1n) is 2.46. The van der Waals surface area contributed by atoms with E-state index in [4.69, 9.17) is 0 Å². The Morgan fingerprint density at radius 1 is 0.667 bits per heavy atom. The predicted molar refractivity (Wildman–Crippen MR) is 30.3 cm³/mol. The number of alkyl halides is 6. The Morgan fingerprint density at radius 2 is 0.917 bits per heavy atom. The molecule has 0 bridgehead atoms. The van der Waals surface area contributed by atoms with Crippen LogP contribution in [0.1, 0.15) is 8.87 Å². The van der Waals surface area contributed by atoms with Gasteiger partial charge in [-0.3, -0.25) is 0 Å². The van der Waals surface area contributed by atoms with Crippen molar-refractivity contribution in [2.24, 2.45) is 0 Å². The van der Waals surface area contributed by atoms with Gasteiger partial charge in [-0.15, -0.1) is 0 Å². The van der Waals surface area contributed by atoms with Gasteiger partial charge in [0.2, 0.25) is 0 Å². The molecular weight excluding hydrogens is 320 g/mol. The monoisotopic (exact) mass is 322 g/mol. The molecular formula is C4F6Se2. The van der Waals surface area contributed by atoms with Crippen molar-refractivity contribution in [3.63, 3.8) is 0 Å². The van der Waals surface area contributed by atoms with Gasteiger partial charge in [0.25, 0.3) is 0 Å². The van der Waals surface area contributed by atoms with Gasteiger partial charge in [0.05, 0.1) is 0 Å². The van der Waals surface area contributed by atoms with Crippen LogP contribution in [0.15, 0.2) is 0 Å². The first-order valence-corrected chi connectivity index (χ1v) is 8.51. The second-order valence-corrected chi connectivity index (χ2v) is 7.87. The van der Waals surface area contributed by atoms with Crippen LogP contribution in [0.3, 0.4) is 0 Å². The molecule has 0 N–H and O–H groups in total. The third-order valence-corrected chi connectivity index (χ3v) is 8.83. The van der Waals surface area contributed by atoms with E-state index in [-0.39, 0.29) is 0 Å². The van der Waals surface area contributed by atoms with E-state index in [1.807, 2.05) is 0 Å². The Labute approximate surface area is 73.2 Å². The van der Waals surface area contributed by atoms with E-state index in [2.05, 4.69) is 0 Å². The zero-order chi connectivity index (χ0) is 9.57. The van der Waals surface area contributed by atoms with E-state index in [9.17, 15) is 26.3 Å². The fraction of sp³-hybridized carbons (Fsp3) is 0.500. The van der Waals surface area contributed by atoms with E-state index in [1.54, 1.807) is 0 Å². The van der Waals surface area contributed by atoms with Crippen molar-refractivity contribution in [2.75, 3.05) is 0 Å². The Bertz CT molecular complexity index is 234. The van der Waals surface area contributed by atoms with Crippen molar-refractivity contribution < 1.29 is 26.3 Å². The van der Waals surface area contributed by atoms with Gasteiger partial charge in [-0.1, -0.05) is 0 Å². The summed E-state index contributed by atoms with van der Waals surface area (Å²) in [6.07, 6.45) is -9.55. The van der Waals surface area contributed by atoms with Gasteiger partial charge < -0.3 is 0 Å². The van der Waals surface area contributed by atoms with Crippen LogP contribution in [0.25, 0.3) is 0 Å². The van der Waals surface area contributed by atoms with Gasteiger partial charge in [0.1, 0.15) is 0 Å². The molecule has 1 heterocycles. The Kier molecular flexibility index (Phi) is 2.56. The summed E-state index contributed by atoms with van der Waals surface area (Å²) in [5.74, 6) is 0. The summed E-state index contributed by atoms with van der Waals surface area (Å²) in [4.78, 5) is 0. The average Bonchev–Trinajstić information content (AvgIpc) is 1.46. The van der Waals surface area contributed by atoms with Gasteiger partial charge in [-0.2, -0.15) is 0 Å². The average molecular weight is 320 g/mol. The summed E-state index contributed by atoms with van der Waals surface area (Å²) in [6.45, 7) is 0. The second-order valence-electron chi connectivity index (χ2n) is 1.82. The van der Waals surface area contributed by atoms with Crippen LogP contribution in [-0.4, -0.2) is 25.3 Å². The van der Waals surface area contributed by atoms with E-state index < -0.39 is 46.5 Å². The molecule has 0 aromatic carbocycles. The molecule has 0 atom stereocenters. The molecule has 0 spiro atoms. The SMILES string of the molecule is FC(F)(F)c1[se][se]c1C(F)(F)F. The summed E-state index contributed by atoms with van der Waals surface area (Å²) >= 11 is -1.95. The van der Waals surface area contributed by atoms with Gasteiger partial charge in [0.15, 0.2) is 0 Å². The summed E-state index contributed by atoms with van der Waals surface area (Å²) < 4.78 is 67.8. The third kappa shape index (κ3) is 1.99. The molecule has 0 aliphatic heterocycles. The van der Waals surface area contributed by atoms with Crippen molar-refractivity contribution in [1.82, 2.24) is 0 Å². The number of halogens is 6. The van der Waals surface area contributed by atoms with Gasteiger partial charge in [-0.25, -0.2) is 0 Å². The zero-order valence-electron chi connectivity index (χ0n) is 5.08. The molecule has 0 nitrogen and oxygen atoms in total. The molecule has 1 aromatic rings. The van der Waals surface area contributed by atoms with E-state index in [1.165, 1.54) is 0 Å². The number of hydrogen-bond acceptors (Lipinski definition) is 0. The maximum atomic E-state index is 11.7. The summed E-state index contributed by atoms with van der Waals surface area (Å²) in [7, 11) is 0. The third-order valence-electron chi connectivity index (χ3n) is 0.929. The standard InChI is InChI=1S/C4F6Se2/c5-3(6,7)1-2(12-11-1)4(8,9)10. The van der Waals surface area contributed by atoms with Crippen molar-refractivity contribution in [3.05, 3.63) is 8.87 Å². The summed E-state index contributed by atoms with van der Waals surface area (Å²) in [5.41, 5.74) is 0. The quantitative estimate of drug-likeness (QED) is 0.505. The van der Waals surface area contributed by atoms with E-state index in [0.717, 1.165) is 0 Å². The van der Waals surface area contributed by atoms with Crippen molar-refractivity contribution in [1.29, 1.82) is 0 Å². The number of hydrogen-bond donors (Lipinski definition) is 0. The van der Waals surface area contributed by atoms with Gasteiger partial charge in [-0.05, 0) is 0 Å². The molecule has 8 heteroatoms. The fourth-order valence-corrected chi connectivity index (χ4v) is 6.67. The molecule has 0 amide bonds. The van der Waals surface area contributed by atoms with Crippen molar-refractivity contribution in [2.45, 2.75) is 12.4 Å². The van der Waals surface area contributed by atoms with Crippen molar-refractivity contribution >= 4 is 25.3 Å². The second kappa shape index (κ2) is 2.94. The van der Waals surface area contributed by atoms with E-state index in [0.29, 0.717) is 0 Å². The summed E-state index contributed by atoms with van der Waals surface area (Å²) in [6, 6.07) is 0. The molecule has 0 fully saturated rings. The van der Waals surface area contributed by atoms with Gasteiger partial charge in [0, 0.05) is 0 Å². The van der Waals surface area contributed by atoms with E-state index >= 15 is 0 Å². The Morgan fingerprint density at radius 3 is 1.00 bits per heavy atom. The first kappa shape index (κ1) is 10.4. The Hall–Kier alpha value is 0.359. The summed E-state index contributed by atoms with van der Waals surface area (Å²) in [5, 5.41) is 0. The minimum absolute atomic E-state index is 0.976. The molecule has 0 saturated heterocycles. The van der Waals surface area contributed by atoms with Crippen LogP contribution in [0.2, 0.25) is 0 Å². The Balaban J connectivity index is 2.96. The van der Waals surface area contributed by atoms with Crippen LogP contribution >= 0.6 is 0 Å². The zero-order valence-corrected chi connectivity index (χ0v) is 8.51. The van der Waals surface area contributed by atoms with Gasteiger partial charge >= 0.3 is 72.8 Å². The molecule has 12 heavy (non-hydrogen) atoms. The minimum atomic E-state index is -4.77. The fourth-order valence-electron chi connectivity index (χ4n) is 0.477. The molecule has 0 radical (unpaired) electrons. The van der Waals surface area contributed by atoms with Crippen LogP contribution in [-0.2, 0) is 12.4 Å². The predicted octanol–water partition coefficient (Wildman–Crippen LogP) is 1.84. The molecule has 1 rings (SSSR count). The molecule has 0 aliphatic carbocycles. The van der Waals surface area contributed by atoms with Crippen LogP contribution in [0.5, 0.6) is 0 Å². The van der Waals surface area contributed by atoms with Crippen molar-refractivity contribution in [3.8, 4) is 0 Å².